The molecule has 1 aromatic rings. The molecule has 2 fully saturated rings. The number of anilines is 1. The first kappa shape index (κ1) is 17.9. The van der Waals surface area contributed by atoms with Gasteiger partial charge in [0.25, 0.3) is 0 Å². The Kier molecular flexibility index (Phi) is 5.37. The maximum Gasteiger partial charge on any atom is 0.410 e. The number of hydrogen-bond donors (Lipinski definition) is 1. The van der Waals surface area contributed by atoms with E-state index in [1.54, 1.807) is 4.90 Å². The van der Waals surface area contributed by atoms with Gasteiger partial charge in [0.2, 0.25) is 0 Å². The first-order valence-corrected chi connectivity index (χ1v) is 9.12. The number of piperazine rings is 1. The SMILES string of the molecule is CC(C)(C)OC(=O)N1CC[C@@H](Oc2ccccc2N2CCNCC2)C1. The molecule has 0 saturated carbocycles. The van der Waals surface area contributed by atoms with Gasteiger partial charge in [-0.2, -0.15) is 0 Å². The Morgan fingerprint density at radius 2 is 1.88 bits per heavy atom. The van der Waals surface area contributed by atoms with Crippen molar-refractivity contribution in [1.29, 1.82) is 0 Å². The van der Waals surface area contributed by atoms with Crippen molar-refractivity contribution >= 4 is 11.8 Å². The second-order valence-electron chi connectivity index (χ2n) is 7.66. The van der Waals surface area contributed by atoms with Crippen LogP contribution in [0.25, 0.3) is 0 Å². The maximum atomic E-state index is 12.2. The molecule has 138 valence electrons. The van der Waals surface area contributed by atoms with E-state index in [4.69, 9.17) is 9.47 Å². The largest absolute Gasteiger partial charge is 0.486 e. The molecule has 0 unspecified atom stereocenters. The van der Waals surface area contributed by atoms with Crippen LogP contribution in [-0.4, -0.2) is 62.0 Å². The van der Waals surface area contributed by atoms with Crippen LogP contribution in [0.4, 0.5) is 10.5 Å². The smallest absolute Gasteiger partial charge is 0.410 e. The highest BCUT2D eigenvalue weighted by Gasteiger charge is 2.31. The van der Waals surface area contributed by atoms with Gasteiger partial charge in [0.1, 0.15) is 17.5 Å². The van der Waals surface area contributed by atoms with Crippen LogP contribution in [0, 0.1) is 0 Å². The molecule has 6 heteroatoms. The summed E-state index contributed by atoms with van der Waals surface area (Å²) in [5.41, 5.74) is 0.671. The average molecular weight is 347 g/mol. The Bertz CT molecular complexity index is 594. The number of hydrogen-bond acceptors (Lipinski definition) is 5. The van der Waals surface area contributed by atoms with Crippen LogP contribution >= 0.6 is 0 Å². The number of amides is 1. The van der Waals surface area contributed by atoms with E-state index in [1.807, 2.05) is 39.0 Å². The second kappa shape index (κ2) is 7.52. The molecular formula is C19H29N3O3. The van der Waals surface area contributed by atoms with E-state index in [-0.39, 0.29) is 12.2 Å². The van der Waals surface area contributed by atoms with Gasteiger partial charge in [0, 0.05) is 39.1 Å². The number of nitrogens with zero attached hydrogens (tertiary/aromatic N) is 2. The van der Waals surface area contributed by atoms with Crippen LogP contribution < -0.4 is 15.0 Å². The van der Waals surface area contributed by atoms with Crippen LogP contribution in [0.2, 0.25) is 0 Å². The van der Waals surface area contributed by atoms with Gasteiger partial charge in [0.05, 0.1) is 12.2 Å². The van der Waals surface area contributed by atoms with Crippen molar-refractivity contribution in [1.82, 2.24) is 10.2 Å². The van der Waals surface area contributed by atoms with Gasteiger partial charge in [-0.3, -0.25) is 0 Å². The molecule has 2 saturated heterocycles. The van der Waals surface area contributed by atoms with Crippen molar-refractivity contribution in [2.24, 2.45) is 0 Å². The molecule has 1 atom stereocenters. The lowest BCUT2D eigenvalue weighted by molar-refractivity contribution is 0.0276. The van der Waals surface area contributed by atoms with Crippen LogP contribution in [0.15, 0.2) is 24.3 Å². The zero-order chi connectivity index (χ0) is 17.9. The molecule has 25 heavy (non-hydrogen) atoms. The summed E-state index contributed by atoms with van der Waals surface area (Å²) < 4.78 is 11.7. The fraction of sp³-hybridized carbons (Fsp3) is 0.632. The normalized spacial score (nSPS) is 21.3. The van der Waals surface area contributed by atoms with Gasteiger partial charge in [-0.15, -0.1) is 0 Å². The lowest BCUT2D eigenvalue weighted by Crippen LogP contribution is -2.43. The Labute approximate surface area is 150 Å². The van der Waals surface area contributed by atoms with E-state index in [0.717, 1.165) is 44.0 Å². The predicted octanol–water partition coefficient (Wildman–Crippen LogP) is 2.48. The van der Waals surface area contributed by atoms with Crippen LogP contribution in [0.3, 0.4) is 0 Å². The van der Waals surface area contributed by atoms with E-state index >= 15 is 0 Å². The summed E-state index contributed by atoms with van der Waals surface area (Å²) in [7, 11) is 0. The maximum absolute atomic E-state index is 12.2. The highest BCUT2D eigenvalue weighted by Crippen LogP contribution is 2.30. The molecular weight excluding hydrogens is 318 g/mol. The number of carbonyl (C=O) groups is 1. The molecule has 0 spiro atoms. The summed E-state index contributed by atoms with van der Waals surface area (Å²) in [6.45, 7) is 10.9. The summed E-state index contributed by atoms with van der Waals surface area (Å²) >= 11 is 0. The number of benzene rings is 1. The molecule has 6 nitrogen and oxygen atoms in total. The molecule has 0 radical (unpaired) electrons. The molecule has 0 aromatic heterocycles. The van der Waals surface area contributed by atoms with E-state index in [9.17, 15) is 4.79 Å². The molecule has 3 rings (SSSR count). The third kappa shape index (κ3) is 4.78. The molecule has 2 aliphatic heterocycles. The number of ether oxygens (including phenoxy) is 2. The Morgan fingerprint density at radius 3 is 2.60 bits per heavy atom. The lowest BCUT2D eigenvalue weighted by Gasteiger charge is -2.31. The zero-order valence-corrected chi connectivity index (χ0v) is 15.5. The van der Waals surface area contributed by atoms with Crippen molar-refractivity contribution < 1.29 is 14.3 Å². The van der Waals surface area contributed by atoms with Crippen molar-refractivity contribution in [3.05, 3.63) is 24.3 Å². The molecule has 0 bridgehead atoms. The molecule has 0 aliphatic carbocycles. The molecule has 2 aliphatic rings. The van der Waals surface area contributed by atoms with Gasteiger partial charge < -0.3 is 24.6 Å². The second-order valence-corrected chi connectivity index (χ2v) is 7.66. The Balaban J connectivity index is 1.61. The van der Waals surface area contributed by atoms with E-state index in [0.29, 0.717) is 13.1 Å². The first-order valence-electron chi connectivity index (χ1n) is 9.12. The summed E-state index contributed by atoms with van der Waals surface area (Å²) in [4.78, 5) is 16.3. The van der Waals surface area contributed by atoms with Gasteiger partial charge in [-0.05, 0) is 32.9 Å². The van der Waals surface area contributed by atoms with E-state index < -0.39 is 5.60 Å². The minimum absolute atomic E-state index is 0.0107. The highest BCUT2D eigenvalue weighted by molar-refractivity contribution is 5.68. The first-order chi connectivity index (χ1) is 11.9. The number of likely N-dealkylation sites (tertiary alicyclic amines) is 1. The predicted molar refractivity (Wildman–Crippen MR) is 98.4 cm³/mol. The number of rotatable bonds is 3. The summed E-state index contributed by atoms with van der Waals surface area (Å²) in [5.74, 6) is 0.903. The molecule has 1 N–H and O–H groups in total. The Morgan fingerprint density at radius 1 is 1.16 bits per heavy atom. The van der Waals surface area contributed by atoms with Gasteiger partial charge in [-0.1, -0.05) is 12.1 Å². The van der Waals surface area contributed by atoms with Gasteiger partial charge >= 0.3 is 6.09 Å². The Hall–Kier alpha value is -1.95. The summed E-state index contributed by atoms with van der Waals surface area (Å²) in [6, 6.07) is 8.18. The van der Waals surface area contributed by atoms with Crippen LogP contribution in [0.1, 0.15) is 27.2 Å². The van der Waals surface area contributed by atoms with Crippen molar-refractivity contribution in [3.8, 4) is 5.75 Å². The third-order valence-corrected chi connectivity index (χ3v) is 4.41. The lowest BCUT2D eigenvalue weighted by atomic mass is 10.2. The fourth-order valence-electron chi connectivity index (χ4n) is 3.22. The topological polar surface area (TPSA) is 54.0 Å². The minimum Gasteiger partial charge on any atom is -0.486 e. The van der Waals surface area contributed by atoms with Gasteiger partial charge in [-0.25, -0.2) is 4.79 Å². The minimum atomic E-state index is -0.467. The van der Waals surface area contributed by atoms with Crippen LogP contribution in [0.5, 0.6) is 5.75 Å². The average Bonchev–Trinajstić information content (AvgIpc) is 3.03. The molecule has 1 aromatic carbocycles. The number of nitrogens with one attached hydrogen (secondary N) is 1. The quantitative estimate of drug-likeness (QED) is 0.910. The number of para-hydroxylation sites is 2. The zero-order valence-electron chi connectivity index (χ0n) is 15.5. The van der Waals surface area contributed by atoms with Crippen molar-refractivity contribution in [2.75, 3.05) is 44.2 Å². The highest BCUT2D eigenvalue weighted by atomic mass is 16.6. The summed E-state index contributed by atoms with van der Waals surface area (Å²) in [5, 5.41) is 3.37. The van der Waals surface area contributed by atoms with Gasteiger partial charge in [0.15, 0.2) is 0 Å². The fourth-order valence-corrected chi connectivity index (χ4v) is 3.22. The summed E-state index contributed by atoms with van der Waals surface area (Å²) in [6.07, 6.45) is 0.584. The van der Waals surface area contributed by atoms with E-state index in [1.165, 1.54) is 0 Å². The number of carbonyl (C=O) groups excluding carboxylic acids is 1. The van der Waals surface area contributed by atoms with Crippen molar-refractivity contribution in [3.63, 3.8) is 0 Å². The van der Waals surface area contributed by atoms with Crippen LogP contribution in [-0.2, 0) is 4.74 Å². The third-order valence-electron chi connectivity index (χ3n) is 4.41. The van der Waals surface area contributed by atoms with E-state index in [2.05, 4.69) is 16.3 Å². The molecule has 2 heterocycles. The standard InChI is InChI=1S/C19H29N3O3/c1-19(2,3)25-18(23)22-11-8-15(14-22)24-17-7-5-4-6-16(17)21-12-9-20-10-13-21/h4-7,15,20H,8-14H2,1-3H3/t15-/m1/s1. The molecule has 1 amide bonds. The monoisotopic (exact) mass is 347 g/mol. The van der Waals surface area contributed by atoms with Crippen molar-refractivity contribution in [2.45, 2.75) is 38.9 Å².